The maximum absolute atomic E-state index is 13.1. The maximum Gasteiger partial charge on any atom is 0.330 e. The zero-order valence-electron chi connectivity index (χ0n) is 18.7. The summed E-state index contributed by atoms with van der Waals surface area (Å²) in [6.45, 7) is 6.75. The third-order valence-corrected chi connectivity index (χ3v) is 4.95. The Kier molecular flexibility index (Phi) is 8.66. The highest BCUT2D eigenvalue weighted by Crippen LogP contribution is 2.20. The predicted octanol–water partition coefficient (Wildman–Crippen LogP) is 3.02. The molecule has 0 fully saturated rings. The lowest BCUT2D eigenvalue weighted by Gasteiger charge is -2.24. The summed E-state index contributed by atoms with van der Waals surface area (Å²) in [7, 11) is 1.59. The minimum absolute atomic E-state index is 0.0113. The number of nitrogens with zero attached hydrogens (tertiary/aromatic N) is 2. The molecule has 0 saturated carbocycles. The van der Waals surface area contributed by atoms with Gasteiger partial charge in [0, 0.05) is 19.2 Å². The Labute approximate surface area is 182 Å². The van der Waals surface area contributed by atoms with Crippen LogP contribution in [-0.4, -0.2) is 29.1 Å². The average Bonchev–Trinajstić information content (AvgIpc) is 2.74. The van der Waals surface area contributed by atoms with Crippen molar-refractivity contribution in [3.8, 4) is 5.75 Å². The lowest BCUT2D eigenvalue weighted by atomic mass is 10.1. The van der Waals surface area contributed by atoms with Gasteiger partial charge >= 0.3 is 5.69 Å². The van der Waals surface area contributed by atoms with Crippen molar-refractivity contribution in [1.82, 2.24) is 9.55 Å². The van der Waals surface area contributed by atoms with Crippen molar-refractivity contribution >= 4 is 23.5 Å². The highest BCUT2D eigenvalue weighted by molar-refractivity contribution is 6.05. The van der Waals surface area contributed by atoms with E-state index < -0.39 is 11.2 Å². The van der Waals surface area contributed by atoms with Crippen molar-refractivity contribution in [3.63, 3.8) is 0 Å². The summed E-state index contributed by atoms with van der Waals surface area (Å²) in [6, 6.07) is 7.25. The van der Waals surface area contributed by atoms with Gasteiger partial charge in [-0.2, -0.15) is 0 Å². The standard InChI is InChI=1S/C23H32N4O4/c1-5-6-14-27-21(24)20(22(29)25-23(27)30)26(15-13-16(2)3)19(28)12-9-17-7-10-18(31-4)11-8-17/h7-12,16H,5-6,13-15,24H2,1-4H3,(H,25,29,30)/b12-9+. The Balaban J connectivity index is 2.43. The molecule has 0 aliphatic rings. The van der Waals surface area contributed by atoms with Crippen LogP contribution in [0.5, 0.6) is 5.75 Å². The molecular weight excluding hydrogens is 396 g/mol. The number of anilines is 2. The number of hydrogen-bond acceptors (Lipinski definition) is 5. The zero-order chi connectivity index (χ0) is 23.0. The number of carbonyl (C=O) groups is 1. The molecule has 2 rings (SSSR count). The van der Waals surface area contributed by atoms with E-state index in [1.54, 1.807) is 25.3 Å². The van der Waals surface area contributed by atoms with Gasteiger partial charge in [-0.25, -0.2) is 4.79 Å². The summed E-state index contributed by atoms with van der Waals surface area (Å²) < 4.78 is 6.46. The highest BCUT2D eigenvalue weighted by Gasteiger charge is 2.23. The number of nitrogen functional groups attached to an aromatic ring is 1. The molecule has 0 aliphatic heterocycles. The molecule has 0 spiro atoms. The van der Waals surface area contributed by atoms with Gasteiger partial charge < -0.3 is 15.4 Å². The second kappa shape index (κ2) is 11.2. The topological polar surface area (TPSA) is 110 Å². The van der Waals surface area contributed by atoms with Crippen LogP contribution >= 0.6 is 0 Å². The minimum Gasteiger partial charge on any atom is -0.497 e. The van der Waals surface area contributed by atoms with Crippen LogP contribution in [0.3, 0.4) is 0 Å². The number of amides is 1. The fourth-order valence-corrected chi connectivity index (χ4v) is 3.07. The molecular formula is C23H32N4O4. The summed E-state index contributed by atoms with van der Waals surface area (Å²) >= 11 is 0. The van der Waals surface area contributed by atoms with Crippen molar-refractivity contribution in [1.29, 1.82) is 0 Å². The van der Waals surface area contributed by atoms with Crippen molar-refractivity contribution in [3.05, 3.63) is 56.7 Å². The zero-order valence-corrected chi connectivity index (χ0v) is 18.7. The van der Waals surface area contributed by atoms with E-state index in [0.29, 0.717) is 25.4 Å². The summed E-state index contributed by atoms with van der Waals surface area (Å²) in [4.78, 5) is 41.6. The van der Waals surface area contributed by atoms with Crippen LogP contribution in [-0.2, 0) is 11.3 Å². The molecule has 8 heteroatoms. The number of benzene rings is 1. The van der Waals surface area contributed by atoms with Crippen LogP contribution < -0.4 is 26.6 Å². The Morgan fingerprint density at radius 1 is 1.26 bits per heavy atom. The number of aromatic amines is 1. The van der Waals surface area contributed by atoms with Crippen LogP contribution in [0.4, 0.5) is 11.5 Å². The third-order valence-electron chi connectivity index (χ3n) is 4.95. The monoisotopic (exact) mass is 428 g/mol. The van der Waals surface area contributed by atoms with Gasteiger partial charge in [-0.05, 0) is 42.5 Å². The molecule has 3 N–H and O–H groups in total. The molecule has 0 bridgehead atoms. The van der Waals surface area contributed by atoms with E-state index in [4.69, 9.17) is 10.5 Å². The average molecular weight is 429 g/mol. The molecule has 1 amide bonds. The molecule has 1 aromatic heterocycles. The number of carbonyl (C=O) groups excluding carboxylic acids is 1. The van der Waals surface area contributed by atoms with Gasteiger partial charge in [0.15, 0.2) is 5.69 Å². The molecule has 0 radical (unpaired) electrons. The van der Waals surface area contributed by atoms with Gasteiger partial charge in [0.05, 0.1) is 7.11 Å². The summed E-state index contributed by atoms with van der Waals surface area (Å²) in [5.74, 6) is 0.661. The lowest BCUT2D eigenvalue weighted by Crippen LogP contribution is -2.41. The van der Waals surface area contributed by atoms with E-state index in [1.165, 1.54) is 15.5 Å². The number of nitrogens with one attached hydrogen (secondary N) is 1. The summed E-state index contributed by atoms with van der Waals surface area (Å²) in [6.07, 6.45) is 5.34. The van der Waals surface area contributed by atoms with Crippen LogP contribution in [0, 0.1) is 5.92 Å². The van der Waals surface area contributed by atoms with Crippen molar-refractivity contribution < 1.29 is 9.53 Å². The SMILES string of the molecule is CCCCn1c(N)c(N(CCC(C)C)C(=O)/C=C/c2ccc(OC)cc2)c(=O)[nH]c1=O. The Morgan fingerprint density at radius 2 is 1.94 bits per heavy atom. The first kappa shape index (κ1) is 24.0. The number of unbranched alkanes of at least 4 members (excludes halogenated alkanes) is 1. The van der Waals surface area contributed by atoms with Gasteiger partial charge in [0.25, 0.3) is 11.5 Å². The van der Waals surface area contributed by atoms with Crippen LogP contribution in [0.25, 0.3) is 6.08 Å². The Bertz CT molecular complexity index is 1020. The fourth-order valence-electron chi connectivity index (χ4n) is 3.07. The number of aromatic nitrogens is 2. The summed E-state index contributed by atoms with van der Waals surface area (Å²) in [5, 5.41) is 0. The quantitative estimate of drug-likeness (QED) is 0.565. The molecule has 1 aromatic carbocycles. The van der Waals surface area contributed by atoms with Gasteiger partial charge in [-0.1, -0.05) is 39.3 Å². The van der Waals surface area contributed by atoms with Crippen molar-refractivity contribution in [2.75, 3.05) is 24.3 Å². The molecule has 0 aliphatic carbocycles. The fraction of sp³-hybridized carbons (Fsp3) is 0.435. The minimum atomic E-state index is -0.662. The van der Waals surface area contributed by atoms with Crippen LogP contribution in [0.1, 0.15) is 45.6 Å². The summed E-state index contributed by atoms with van der Waals surface area (Å²) in [5.41, 5.74) is 5.82. The molecule has 0 saturated heterocycles. The van der Waals surface area contributed by atoms with Crippen molar-refractivity contribution in [2.24, 2.45) is 5.92 Å². The first-order valence-electron chi connectivity index (χ1n) is 10.5. The predicted molar refractivity (Wildman–Crippen MR) is 124 cm³/mol. The smallest absolute Gasteiger partial charge is 0.330 e. The molecule has 0 unspecified atom stereocenters. The van der Waals surface area contributed by atoms with Crippen LogP contribution in [0.2, 0.25) is 0 Å². The lowest BCUT2D eigenvalue weighted by molar-refractivity contribution is -0.114. The largest absolute Gasteiger partial charge is 0.497 e. The first-order chi connectivity index (χ1) is 14.8. The number of nitrogens with two attached hydrogens (primary N) is 1. The second-order valence-corrected chi connectivity index (χ2v) is 7.78. The van der Waals surface area contributed by atoms with Gasteiger partial charge in [-0.3, -0.25) is 19.1 Å². The van der Waals surface area contributed by atoms with E-state index in [2.05, 4.69) is 4.98 Å². The highest BCUT2D eigenvalue weighted by atomic mass is 16.5. The number of methoxy groups -OCH3 is 1. The normalized spacial score (nSPS) is 11.3. The third kappa shape index (κ3) is 6.34. The van der Waals surface area contributed by atoms with E-state index in [1.807, 2.05) is 32.9 Å². The first-order valence-corrected chi connectivity index (χ1v) is 10.5. The number of rotatable bonds is 10. The number of ether oxygens (including phenoxy) is 1. The number of H-pyrrole nitrogens is 1. The van der Waals surface area contributed by atoms with E-state index in [-0.39, 0.29) is 17.4 Å². The van der Waals surface area contributed by atoms with Crippen molar-refractivity contribution in [2.45, 2.75) is 46.6 Å². The Hall–Kier alpha value is -3.29. The van der Waals surface area contributed by atoms with Gasteiger partial charge in [0.2, 0.25) is 0 Å². The van der Waals surface area contributed by atoms with E-state index >= 15 is 0 Å². The van der Waals surface area contributed by atoms with Gasteiger partial charge in [0.1, 0.15) is 11.6 Å². The molecule has 0 atom stereocenters. The van der Waals surface area contributed by atoms with Crippen LogP contribution in [0.15, 0.2) is 39.9 Å². The second-order valence-electron chi connectivity index (χ2n) is 7.78. The molecule has 31 heavy (non-hydrogen) atoms. The number of hydrogen-bond donors (Lipinski definition) is 2. The van der Waals surface area contributed by atoms with E-state index in [9.17, 15) is 14.4 Å². The molecule has 2 aromatic rings. The molecule has 1 heterocycles. The molecule has 8 nitrogen and oxygen atoms in total. The van der Waals surface area contributed by atoms with Gasteiger partial charge in [-0.15, -0.1) is 0 Å². The van der Waals surface area contributed by atoms with E-state index in [0.717, 1.165) is 24.2 Å². The Morgan fingerprint density at radius 3 is 2.52 bits per heavy atom. The molecule has 168 valence electrons. The maximum atomic E-state index is 13.1.